The SMILES string of the molecule is CCONC(=O)CN1CCC1. The Hall–Kier alpha value is -0.610. The van der Waals surface area contributed by atoms with E-state index in [1.165, 1.54) is 6.42 Å². The molecule has 0 bridgehead atoms. The molecule has 0 atom stereocenters. The summed E-state index contributed by atoms with van der Waals surface area (Å²) in [6, 6.07) is 0. The lowest BCUT2D eigenvalue weighted by Crippen LogP contribution is -2.44. The Labute approximate surface area is 66.5 Å². The number of hydroxylamine groups is 1. The molecular weight excluding hydrogens is 144 g/mol. The van der Waals surface area contributed by atoms with Crippen LogP contribution in [0.2, 0.25) is 0 Å². The second-order valence-electron chi connectivity index (χ2n) is 2.59. The number of hydrogen-bond acceptors (Lipinski definition) is 3. The zero-order valence-electron chi connectivity index (χ0n) is 6.80. The fourth-order valence-electron chi connectivity index (χ4n) is 0.928. The summed E-state index contributed by atoms with van der Waals surface area (Å²) in [6.45, 7) is 4.91. The summed E-state index contributed by atoms with van der Waals surface area (Å²) in [5.74, 6) is -0.0495. The van der Waals surface area contributed by atoms with E-state index in [0.29, 0.717) is 13.2 Å². The number of likely N-dealkylation sites (tertiary alicyclic amines) is 1. The number of nitrogens with zero attached hydrogens (tertiary/aromatic N) is 1. The van der Waals surface area contributed by atoms with Gasteiger partial charge >= 0.3 is 0 Å². The number of nitrogens with one attached hydrogen (secondary N) is 1. The van der Waals surface area contributed by atoms with E-state index in [4.69, 9.17) is 4.84 Å². The minimum absolute atomic E-state index is 0.0495. The molecule has 4 nitrogen and oxygen atoms in total. The summed E-state index contributed by atoms with van der Waals surface area (Å²) in [5.41, 5.74) is 2.35. The molecule has 1 fully saturated rings. The van der Waals surface area contributed by atoms with Crippen molar-refractivity contribution in [3.8, 4) is 0 Å². The van der Waals surface area contributed by atoms with Crippen LogP contribution in [0.5, 0.6) is 0 Å². The van der Waals surface area contributed by atoms with Gasteiger partial charge in [-0.1, -0.05) is 0 Å². The van der Waals surface area contributed by atoms with Crippen molar-refractivity contribution in [3.63, 3.8) is 0 Å². The van der Waals surface area contributed by atoms with Gasteiger partial charge in [-0.3, -0.25) is 14.5 Å². The highest BCUT2D eigenvalue weighted by molar-refractivity contribution is 5.76. The summed E-state index contributed by atoms with van der Waals surface area (Å²) >= 11 is 0. The molecule has 0 aromatic carbocycles. The second-order valence-corrected chi connectivity index (χ2v) is 2.59. The van der Waals surface area contributed by atoms with Crippen molar-refractivity contribution in [2.45, 2.75) is 13.3 Å². The first-order valence-corrected chi connectivity index (χ1v) is 3.96. The molecule has 0 aliphatic carbocycles. The highest BCUT2D eigenvalue weighted by atomic mass is 16.6. The molecule has 1 amide bonds. The third kappa shape index (κ3) is 2.86. The van der Waals surface area contributed by atoms with Gasteiger partial charge in [-0.05, 0) is 26.4 Å². The van der Waals surface area contributed by atoms with Crippen LogP contribution in [0.1, 0.15) is 13.3 Å². The molecule has 0 aromatic heterocycles. The van der Waals surface area contributed by atoms with Crippen LogP contribution in [-0.4, -0.2) is 37.0 Å². The average Bonchev–Trinajstić information content (AvgIpc) is 1.93. The summed E-state index contributed by atoms with van der Waals surface area (Å²) < 4.78 is 0. The van der Waals surface area contributed by atoms with Gasteiger partial charge in [0.25, 0.3) is 5.91 Å². The van der Waals surface area contributed by atoms with Crippen molar-refractivity contribution >= 4 is 5.91 Å². The molecule has 11 heavy (non-hydrogen) atoms. The number of hydrogen-bond donors (Lipinski definition) is 1. The first-order valence-electron chi connectivity index (χ1n) is 3.96. The van der Waals surface area contributed by atoms with E-state index in [0.717, 1.165) is 13.1 Å². The Morgan fingerprint density at radius 1 is 1.64 bits per heavy atom. The van der Waals surface area contributed by atoms with E-state index in [1.807, 2.05) is 6.92 Å². The highest BCUT2D eigenvalue weighted by Gasteiger charge is 2.16. The van der Waals surface area contributed by atoms with Gasteiger partial charge < -0.3 is 0 Å². The third-order valence-electron chi connectivity index (χ3n) is 1.65. The Morgan fingerprint density at radius 3 is 2.82 bits per heavy atom. The molecule has 4 heteroatoms. The maximum Gasteiger partial charge on any atom is 0.257 e. The molecule has 0 spiro atoms. The number of amides is 1. The lowest BCUT2D eigenvalue weighted by molar-refractivity contribution is -0.135. The lowest BCUT2D eigenvalue weighted by atomic mass is 10.2. The molecule has 64 valence electrons. The van der Waals surface area contributed by atoms with Gasteiger partial charge in [-0.25, -0.2) is 5.48 Å². The molecule has 0 saturated carbocycles. The van der Waals surface area contributed by atoms with Crippen LogP contribution in [0.3, 0.4) is 0 Å². The molecule has 1 heterocycles. The Kier molecular flexibility index (Phi) is 3.32. The molecule has 0 unspecified atom stereocenters. The minimum atomic E-state index is -0.0495. The van der Waals surface area contributed by atoms with Crippen molar-refractivity contribution in [1.29, 1.82) is 0 Å². The van der Waals surface area contributed by atoms with Gasteiger partial charge in [0.15, 0.2) is 0 Å². The smallest absolute Gasteiger partial charge is 0.257 e. The van der Waals surface area contributed by atoms with Gasteiger partial charge in [0, 0.05) is 0 Å². The van der Waals surface area contributed by atoms with Crippen molar-refractivity contribution in [2.75, 3.05) is 26.2 Å². The molecular formula is C7H14N2O2. The predicted molar refractivity (Wildman–Crippen MR) is 40.8 cm³/mol. The fraction of sp³-hybridized carbons (Fsp3) is 0.857. The highest BCUT2D eigenvalue weighted by Crippen LogP contribution is 2.03. The van der Waals surface area contributed by atoms with Gasteiger partial charge in [0.2, 0.25) is 0 Å². The third-order valence-corrected chi connectivity index (χ3v) is 1.65. The van der Waals surface area contributed by atoms with E-state index in [-0.39, 0.29) is 5.91 Å². The van der Waals surface area contributed by atoms with Crippen LogP contribution in [0, 0.1) is 0 Å². The van der Waals surface area contributed by atoms with Gasteiger partial charge in [-0.15, -0.1) is 0 Å². The van der Waals surface area contributed by atoms with Gasteiger partial charge in [-0.2, -0.15) is 0 Å². The number of rotatable bonds is 4. The normalized spacial score (nSPS) is 17.5. The Morgan fingerprint density at radius 2 is 2.36 bits per heavy atom. The van der Waals surface area contributed by atoms with Crippen molar-refractivity contribution in [2.24, 2.45) is 0 Å². The predicted octanol–water partition coefficient (Wildman–Crippen LogP) is -0.240. The van der Waals surface area contributed by atoms with Crippen molar-refractivity contribution in [1.82, 2.24) is 10.4 Å². The molecule has 0 aromatic rings. The Bertz CT molecular complexity index is 134. The zero-order chi connectivity index (χ0) is 8.10. The van der Waals surface area contributed by atoms with Crippen molar-refractivity contribution < 1.29 is 9.63 Å². The summed E-state index contributed by atoms with van der Waals surface area (Å²) in [4.78, 5) is 17.7. The van der Waals surface area contributed by atoms with Crippen LogP contribution in [0.15, 0.2) is 0 Å². The lowest BCUT2D eigenvalue weighted by Gasteiger charge is -2.29. The summed E-state index contributed by atoms with van der Waals surface area (Å²) in [5, 5.41) is 0. The molecule has 0 radical (unpaired) electrons. The molecule has 1 saturated heterocycles. The quantitative estimate of drug-likeness (QED) is 0.574. The maximum atomic E-state index is 10.9. The molecule has 1 N–H and O–H groups in total. The van der Waals surface area contributed by atoms with E-state index < -0.39 is 0 Å². The maximum absolute atomic E-state index is 10.9. The minimum Gasteiger partial charge on any atom is -0.294 e. The van der Waals surface area contributed by atoms with E-state index in [9.17, 15) is 4.79 Å². The molecule has 1 aliphatic heterocycles. The fourth-order valence-corrected chi connectivity index (χ4v) is 0.928. The van der Waals surface area contributed by atoms with Crippen molar-refractivity contribution in [3.05, 3.63) is 0 Å². The Balaban J connectivity index is 2.00. The van der Waals surface area contributed by atoms with Crippen LogP contribution < -0.4 is 5.48 Å². The first-order chi connectivity index (χ1) is 5.33. The van der Waals surface area contributed by atoms with E-state index >= 15 is 0 Å². The summed E-state index contributed by atoms with van der Waals surface area (Å²) in [6.07, 6.45) is 1.21. The largest absolute Gasteiger partial charge is 0.294 e. The van der Waals surface area contributed by atoms with Crippen LogP contribution in [-0.2, 0) is 9.63 Å². The molecule has 1 aliphatic rings. The topological polar surface area (TPSA) is 41.6 Å². The summed E-state index contributed by atoms with van der Waals surface area (Å²) in [7, 11) is 0. The zero-order valence-corrected chi connectivity index (χ0v) is 6.80. The second kappa shape index (κ2) is 4.31. The number of carbonyl (C=O) groups is 1. The van der Waals surface area contributed by atoms with E-state index in [1.54, 1.807) is 0 Å². The van der Waals surface area contributed by atoms with Gasteiger partial charge in [0.1, 0.15) is 0 Å². The standard InChI is InChI=1S/C7H14N2O2/c1-2-11-8-7(10)6-9-4-3-5-9/h2-6H2,1H3,(H,8,10). The van der Waals surface area contributed by atoms with Gasteiger partial charge in [0.05, 0.1) is 13.2 Å². The first kappa shape index (κ1) is 8.49. The van der Waals surface area contributed by atoms with Crippen LogP contribution in [0.4, 0.5) is 0 Å². The van der Waals surface area contributed by atoms with Crippen LogP contribution in [0.25, 0.3) is 0 Å². The monoisotopic (exact) mass is 158 g/mol. The van der Waals surface area contributed by atoms with Crippen LogP contribution >= 0.6 is 0 Å². The van der Waals surface area contributed by atoms with E-state index in [2.05, 4.69) is 10.4 Å². The number of carbonyl (C=O) groups excluding carboxylic acids is 1. The molecule has 1 rings (SSSR count). The average molecular weight is 158 g/mol.